The third-order valence-electron chi connectivity index (χ3n) is 4.28. The standard InChI is InChI=1S/C16H24N2O2/c1-20-11-14-6-3-2-5-13(14)10-18-15(19)9-16(12-17)7-4-8-16/h2-3,5-6H,4,7-12,17H2,1H3,(H,18,19). The SMILES string of the molecule is COCc1ccccc1CNC(=O)CC1(CN)CCC1. The molecule has 3 N–H and O–H groups in total. The minimum Gasteiger partial charge on any atom is -0.380 e. The van der Waals surface area contributed by atoms with E-state index in [4.69, 9.17) is 10.5 Å². The lowest BCUT2D eigenvalue weighted by molar-refractivity contribution is -0.124. The van der Waals surface area contributed by atoms with Crippen molar-refractivity contribution in [2.75, 3.05) is 13.7 Å². The number of carbonyl (C=O) groups excluding carboxylic acids is 1. The van der Waals surface area contributed by atoms with Gasteiger partial charge in [-0.1, -0.05) is 30.7 Å². The summed E-state index contributed by atoms with van der Waals surface area (Å²) in [5, 5.41) is 3.01. The summed E-state index contributed by atoms with van der Waals surface area (Å²) in [7, 11) is 1.68. The zero-order chi connectivity index (χ0) is 14.4. The molecule has 1 aliphatic rings. The van der Waals surface area contributed by atoms with Gasteiger partial charge in [0.1, 0.15) is 0 Å². The molecule has 4 nitrogen and oxygen atoms in total. The maximum atomic E-state index is 12.1. The molecule has 1 aromatic carbocycles. The molecule has 0 spiro atoms. The van der Waals surface area contributed by atoms with Gasteiger partial charge in [-0.05, 0) is 35.9 Å². The summed E-state index contributed by atoms with van der Waals surface area (Å²) >= 11 is 0. The van der Waals surface area contributed by atoms with Crippen molar-refractivity contribution < 1.29 is 9.53 Å². The Labute approximate surface area is 120 Å². The number of hydrogen-bond donors (Lipinski definition) is 2. The van der Waals surface area contributed by atoms with Crippen LogP contribution in [0.25, 0.3) is 0 Å². The first kappa shape index (κ1) is 15.0. The summed E-state index contributed by atoms with van der Waals surface area (Å²) in [5.41, 5.74) is 8.08. The monoisotopic (exact) mass is 276 g/mol. The fourth-order valence-electron chi connectivity index (χ4n) is 2.75. The van der Waals surface area contributed by atoms with E-state index in [1.165, 1.54) is 6.42 Å². The minimum absolute atomic E-state index is 0.0656. The topological polar surface area (TPSA) is 64.3 Å². The molecule has 1 aromatic rings. The summed E-state index contributed by atoms with van der Waals surface area (Å²) in [4.78, 5) is 12.1. The van der Waals surface area contributed by atoms with E-state index in [0.717, 1.165) is 24.0 Å². The Kier molecular flexibility index (Phi) is 5.15. The molecular weight excluding hydrogens is 252 g/mol. The molecule has 0 radical (unpaired) electrons. The first-order valence-electron chi connectivity index (χ1n) is 7.22. The van der Waals surface area contributed by atoms with Crippen LogP contribution < -0.4 is 11.1 Å². The van der Waals surface area contributed by atoms with Crippen molar-refractivity contribution in [2.45, 2.75) is 38.8 Å². The summed E-state index contributed by atoms with van der Waals surface area (Å²) < 4.78 is 5.17. The molecule has 0 aromatic heterocycles. The van der Waals surface area contributed by atoms with E-state index in [0.29, 0.717) is 26.1 Å². The molecule has 0 atom stereocenters. The Balaban J connectivity index is 1.87. The van der Waals surface area contributed by atoms with E-state index >= 15 is 0 Å². The second-order valence-electron chi connectivity index (χ2n) is 5.71. The molecule has 110 valence electrons. The van der Waals surface area contributed by atoms with E-state index in [1.54, 1.807) is 7.11 Å². The van der Waals surface area contributed by atoms with E-state index < -0.39 is 0 Å². The maximum absolute atomic E-state index is 12.1. The average Bonchev–Trinajstić information content (AvgIpc) is 2.42. The molecule has 20 heavy (non-hydrogen) atoms. The summed E-state index contributed by atoms with van der Waals surface area (Å²) in [6, 6.07) is 8.01. The van der Waals surface area contributed by atoms with E-state index in [9.17, 15) is 4.79 Å². The van der Waals surface area contributed by atoms with Crippen LogP contribution in [-0.4, -0.2) is 19.6 Å². The van der Waals surface area contributed by atoms with Crippen molar-refractivity contribution in [3.8, 4) is 0 Å². The summed E-state index contributed by atoms with van der Waals surface area (Å²) in [6.07, 6.45) is 3.91. The van der Waals surface area contributed by atoms with Crippen molar-refractivity contribution in [2.24, 2.45) is 11.1 Å². The number of methoxy groups -OCH3 is 1. The van der Waals surface area contributed by atoms with Gasteiger partial charge in [0.2, 0.25) is 5.91 Å². The van der Waals surface area contributed by atoms with E-state index in [2.05, 4.69) is 5.32 Å². The number of amides is 1. The van der Waals surface area contributed by atoms with Crippen LogP contribution in [0.5, 0.6) is 0 Å². The molecule has 0 aliphatic heterocycles. The predicted molar refractivity (Wildman–Crippen MR) is 79.0 cm³/mol. The molecule has 0 bridgehead atoms. The lowest BCUT2D eigenvalue weighted by atomic mass is 9.66. The highest BCUT2D eigenvalue weighted by molar-refractivity contribution is 5.76. The second kappa shape index (κ2) is 6.86. The first-order valence-corrected chi connectivity index (χ1v) is 7.22. The molecule has 1 saturated carbocycles. The van der Waals surface area contributed by atoms with Gasteiger partial charge in [0, 0.05) is 20.1 Å². The van der Waals surface area contributed by atoms with Gasteiger partial charge in [0.05, 0.1) is 6.61 Å². The van der Waals surface area contributed by atoms with Crippen LogP contribution in [0.15, 0.2) is 24.3 Å². The molecular formula is C16H24N2O2. The number of hydrogen-bond acceptors (Lipinski definition) is 3. The predicted octanol–water partition coefficient (Wildman–Crippen LogP) is 1.97. The molecule has 2 rings (SSSR count). The van der Waals surface area contributed by atoms with Crippen molar-refractivity contribution in [3.63, 3.8) is 0 Å². The Morgan fingerprint density at radius 1 is 1.35 bits per heavy atom. The van der Waals surface area contributed by atoms with Gasteiger partial charge in [0.25, 0.3) is 0 Å². The molecule has 1 fully saturated rings. The number of carbonyl (C=O) groups is 1. The minimum atomic E-state index is 0.0656. The fraction of sp³-hybridized carbons (Fsp3) is 0.562. The zero-order valence-corrected chi connectivity index (χ0v) is 12.2. The van der Waals surface area contributed by atoms with Gasteiger partial charge in [-0.2, -0.15) is 0 Å². The molecule has 1 aliphatic carbocycles. The lowest BCUT2D eigenvalue weighted by Crippen LogP contribution is -2.41. The summed E-state index contributed by atoms with van der Waals surface area (Å²) in [5.74, 6) is 0.0994. The third-order valence-corrected chi connectivity index (χ3v) is 4.28. The van der Waals surface area contributed by atoms with Crippen LogP contribution in [0.3, 0.4) is 0 Å². The average molecular weight is 276 g/mol. The number of benzene rings is 1. The van der Waals surface area contributed by atoms with E-state index in [1.807, 2.05) is 24.3 Å². The van der Waals surface area contributed by atoms with Crippen LogP contribution in [0, 0.1) is 5.41 Å². The van der Waals surface area contributed by atoms with Crippen LogP contribution >= 0.6 is 0 Å². The molecule has 0 unspecified atom stereocenters. The van der Waals surface area contributed by atoms with Crippen molar-refractivity contribution in [1.29, 1.82) is 0 Å². The number of rotatable bonds is 7. The zero-order valence-electron chi connectivity index (χ0n) is 12.2. The normalized spacial score (nSPS) is 16.5. The molecule has 4 heteroatoms. The van der Waals surface area contributed by atoms with Crippen LogP contribution in [0.2, 0.25) is 0 Å². The number of nitrogens with two attached hydrogens (primary N) is 1. The number of nitrogens with one attached hydrogen (secondary N) is 1. The fourth-order valence-corrected chi connectivity index (χ4v) is 2.75. The summed E-state index contributed by atoms with van der Waals surface area (Å²) in [6.45, 7) is 1.73. The maximum Gasteiger partial charge on any atom is 0.220 e. The van der Waals surface area contributed by atoms with Crippen LogP contribution in [0.1, 0.15) is 36.8 Å². The van der Waals surface area contributed by atoms with Gasteiger partial charge >= 0.3 is 0 Å². The molecule has 1 amide bonds. The van der Waals surface area contributed by atoms with E-state index in [-0.39, 0.29) is 11.3 Å². The van der Waals surface area contributed by atoms with Gasteiger partial charge in [-0.15, -0.1) is 0 Å². The second-order valence-corrected chi connectivity index (χ2v) is 5.71. The highest BCUT2D eigenvalue weighted by Crippen LogP contribution is 2.42. The van der Waals surface area contributed by atoms with Gasteiger partial charge in [-0.25, -0.2) is 0 Å². The van der Waals surface area contributed by atoms with Crippen LogP contribution in [-0.2, 0) is 22.7 Å². The van der Waals surface area contributed by atoms with Gasteiger partial charge < -0.3 is 15.8 Å². The smallest absolute Gasteiger partial charge is 0.220 e. The largest absolute Gasteiger partial charge is 0.380 e. The third kappa shape index (κ3) is 3.58. The van der Waals surface area contributed by atoms with Crippen molar-refractivity contribution in [3.05, 3.63) is 35.4 Å². The Morgan fingerprint density at radius 2 is 2.05 bits per heavy atom. The molecule has 0 heterocycles. The highest BCUT2D eigenvalue weighted by Gasteiger charge is 2.37. The van der Waals surface area contributed by atoms with Gasteiger partial charge in [0.15, 0.2) is 0 Å². The lowest BCUT2D eigenvalue weighted by Gasteiger charge is -2.40. The first-order chi connectivity index (χ1) is 9.69. The Hall–Kier alpha value is -1.39. The van der Waals surface area contributed by atoms with Crippen molar-refractivity contribution >= 4 is 5.91 Å². The number of ether oxygens (including phenoxy) is 1. The molecule has 0 saturated heterocycles. The van der Waals surface area contributed by atoms with Gasteiger partial charge in [-0.3, -0.25) is 4.79 Å². The highest BCUT2D eigenvalue weighted by atomic mass is 16.5. The Morgan fingerprint density at radius 3 is 2.60 bits per heavy atom. The quantitative estimate of drug-likeness (QED) is 0.800. The Bertz CT molecular complexity index is 450. The van der Waals surface area contributed by atoms with Crippen LogP contribution in [0.4, 0.5) is 0 Å². The van der Waals surface area contributed by atoms with Crippen molar-refractivity contribution in [1.82, 2.24) is 5.32 Å².